The van der Waals surface area contributed by atoms with E-state index in [1.807, 2.05) is 29.1 Å². The van der Waals surface area contributed by atoms with Gasteiger partial charge in [-0.25, -0.2) is 9.78 Å². The maximum atomic E-state index is 12.8. The van der Waals surface area contributed by atoms with Crippen molar-refractivity contribution in [1.29, 1.82) is 5.26 Å². The summed E-state index contributed by atoms with van der Waals surface area (Å²) >= 11 is 0. The van der Waals surface area contributed by atoms with Crippen LogP contribution in [0.3, 0.4) is 0 Å². The molecule has 156 valence electrons. The number of amides is 1. The Morgan fingerprint density at radius 3 is 2.81 bits per heavy atom. The van der Waals surface area contributed by atoms with Gasteiger partial charge in [-0.3, -0.25) is 9.25 Å². The van der Waals surface area contributed by atoms with E-state index in [1.54, 1.807) is 18.3 Å². The number of carbonyl (C=O) groups excluding carboxylic acids is 1. The number of aliphatic hydroxyl groups excluding tert-OH is 1. The van der Waals surface area contributed by atoms with Gasteiger partial charge in [-0.1, -0.05) is 0 Å². The third-order valence-corrected chi connectivity index (χ3v) is 6.10. The average molecular weight is 414 g/mol. The van der Waals surface area contributed by atoms with Crippen molar-refractivity contribution in [2.75, 3.05) is 11.9 Å². The van der Waals surface area contributed by atoms with Crippen LogP contribution in [-0.2, 0) is 0 Å². The minimum atomic E-state index is -0.318. The van der Waals surface area contributed by atoms with Crippen molar-refractivity contribution in [3.8, 4) is 6.07 Å². The van der Waals surface area contributed by atoms with Gasteiger partial charge in [-0.2, -0.15) is 10.4 Å². The number of hydrogen-bond donors (Lipinski definition) is 2. The fourth-order valence-corrected chi connectivity index (χ4v) is 4.33. The number of nitrogens with one attached hydrogen (secondary N) is 1. The lowest BCUT2D eigenvalue weighted by Crippen LogP contribution is -2.20. The Morgan fingerprint density at radius 2 is 2.03 bits per heavy atom. The van der Waals surface area contributed by atoms with Crippen LogP contribution in [0.15, 0.2) is 48.9 Å². The third kappa shape index (κ3) is 3.64. The lowest BCUT2D eigenvalue weighted by Gasteiger charge is -2.27. The molecule has 8 nitrogen and oxygen atoms in total. The minimum absolute atomic E-state index is 0.266. The number of hydrogen-bond acceptors (Lipinski definition) is 5. The number of anilines is 1. The van der Waals surface area contributed by atoms with Gasteiger partial charge in [-0.05, 0) is 61.9 Å². The van der Waals surface area contributed by atoms with Crippen LogP contribution < -0.4 is 5.32 Å². The van der Waals surface area contributed by atoms with Crippen molar-refractivity contribution in [2.45, 2.75) is 31.7 Å². The molecule has 1 aromatic carbocycles. The molecule has 8 heteroatoms. The van der Waals surface area contributed by atoms with Gasteiger partial charge in [0.25, 0.3) is 0 Å². The van der Waals surface area contributed by atoms with Gasteiger partial charge in [0.05, 0.1) is 17.1 Å². The summed E-state index contributed by atoms with van der Waals surface area (Å²) in [7, 11) is 0. The van der Waals surface area contributed by atoms with E-state index in [4.69, 9.17) is 10.4 Å². The molecule has 3 heterocycles. The van der Waals surface area contributed by atoms with Gasteiger partial charge in [0.2, 0.25) is 0 Å². The molecule has 1 saturated carbocycles. The molecule has 0 radical (unpaired) electrons. The quantitative estimate of drug-likeness (QED) is 0.525. The summed E-state index contributed by atoms with van der Waals surface area (Å²) in [5, 5.41) is 27.7. The highest BCUT2D eigenvalue weighted by Crippen LogP contribution is 2.32. The number of rotatable bonds is 3. The molecule has 0 atom stereocenters. The highest BCUT2D eigenvalue weighted by Gasteiger charge is 2.22. The Morgan fingerprint density at radius 1 is 1.19 bits per heavy atom. The molecule has 0 aliphatic heterocycles. The lowest BCUT2D eigenvalue weighted by atomic mass is 9.87. The number of pyridine rings is 1. The highest BCUT2D eigenvalue weighted by molar-refractivity contribution is 5.98. The first-order valence-electron chi connectivity index (χ1n) is 10.4. The second kappa shape index (κ2) is 7.85. The second-order valence-corrected chi connectivity index (χ2v) is 8.10. The number of aliphatic hydroxyl groups is 1. The first kappa shape index (κ1) is 19.3. The Hall–Kier alpha value is -3.70. The zero-order chi connectivity index (χ0) is 21.4. The van der Waals surface area contributed by atoms with Crippen LogP contribution in [0.1, 0.15) is 37.3 Å². The van der Waals surface area contributed by atoms with Gasteiger partial charge in [0, 0.05) is 41.7 Å². The number of benzene rings is 1. The number of aromatic nitrogens is 4. The molecule has 2 N–H and O–H groups in total. The molecule has 1 fully saturated rings. The summed E-state index contributed by atoms with van der Waals surface area (Å²) in [4.78, 5) is 17.0. The smallest absolute Gasteiger partial charge is 0.331 e. The molecule has 0 spiro atoms. The van der Waals surface area contributed by atoms with Crippen molar-refractivity contribution >= 4 is 33.7 Å². The molecular formula is C23H22N6O2. The molecule has 1 aliphatic carbocycles. The first-order chi connectivity index (χ1) is 15.1. The zero-order valence-corrected chi connectivity index (χ0v) is 16.9. The molecular weight excluding hydrogens is 392 g/mol. The molecule has 5 rings (SSSR count). The first-order valence-corrected chi connectivity index (χ1v) is 10.4. The van der Waals surface area contributed by atoms with E-state index in [2.05, 4.69) is 16.4 Å². The Balaban J connectivity index is 1.35. The molecule has 0 bridgehead atoms. The standard InChI is InChI=1S/C23H22N6O2/c24-11-16-9-17-7-8-28(22(17)25-12-16)23(31)26-19-3-6-21-18(10-19)13-29(27-21)20-4-1-15(14-30)2-5-20/h3,6-10,12-13,15,20,30H,1-2,4-5,14H2,(H,26,31). The summed E-state index contributed by atoms with van der Waals surface area (Å²) in [6, 6.07) is 11.2. The van der Waals surface area contributed by atoms with Crippen molar-refractivity contribution < 1.29 is 9.90 Å². The Kier molecular flexibility index (Phi) is 4.88. The predicted molar refractivity (Wildman–Crippen MR) is 117 cm³/mol. The maximum absolute atomic E-state index is 12.8. The van der Waals surface area contributed by atoms with E-state index in [-0.39, 0.29) is 12.6 Å². The van der Waals surface area contributed by atoms with Gasteiger partial charge >= 0.3 is 6.03 Å². The average Bonchev–Trinajstić information content (AvgIpc) is 3.42. The van der Waals surface area contributed by atoms with Gasteiger partial charge in [-0.15, -0.1) is 0 Å². The van der Waals surface area contributed by atoms with Crippen molar-refractivity contribution in [3.05, 3.63) is 54.5 Å². The monoisotopic (exact) mass is 414 g/mol. The maximum Gasteiger partial charge on any atom is 0.331 e. The van der Waals surface area contributed by atoms with E-state index in [0.717, 1.165) is 42.0 Å². The SMILES string of the molecule is N#Cc1cnc2c(ccn2C(=O)Nc2ccc3nn(C4CCC(CO)CC4)cc3c2)c1. The second-order valence-electron chi connectivity index (χ2n) is 8.10. The molecule has 31 heavy (non-hydrogen) atoms. The van der Waals surface area contributed by atoms with Crippen molar-refractivity contribution in [2.24, 2.45) is 5.92 Å². The fourth-order valence-electron chi connectivity index (χ4n) is 4.33. The number of carbonyl (C=O) groups is 1. The van der Waals surface area contributed by atoms with Crippen LogP contribution in [-0.4, -0.2) is 37.1 Å². The van der Waals surface area contributed by atoms with Crippen LogP contribution in [0.4, 0.5) is 10.5 Å². The summed E-state index contributed by atoms with van der Waals surface area (Å²) < 4.78 is 3.46. The summed E-state index contributed by atoms with van der Waals surface area (Å²) in [5.74, 6) is 0.411. The molecule has 1 amide bonds. The minimum Gasteiger partial charge on any atom is -0.396 e. The molecule has 4 aromatic rings. The Labute approximate surface area is 178 Å². The molecule has 0 saturated heterocycles. The van der Waals surface area contributed by atoms with Crippen LogP contribution in [0.25, 0.3) is 21.9 Å². The summed E-state index contributed by atoms with van der Waals surface area (Å²) in [6.45, 7) is 0.266. The highest BCUT2D eigenvalue weighted by atomic mass is 16.3. The lowest BCUT2D eigenvalue weighted by molar-refractivity contribution is 0.165. The van der Waals surface area contributed by atoms with Crippen molar-refractivity contribution in [3.63, 3.8) is 0 Å². The van der Waals surface area contributed by atoms with E-state index >= 15 is 0 Å². The Bertz CT molecular complexity index is 1310. The summed E-state index contributed by atoms with van der Waals surface area (Å²) in [5.41, 5.74) is 2.53. The predicted octanol–water partition coefficient (Wildman–Crippen LogP) is 4.06. The van der Waals surface area contributed by atoms with Gasteiger partial charge in [0.1, 0.15) is 11.7 Å². The normalized spacial score (nSPS) is 18.8. The topological polar surface area (TPSA) is 109 Å². The van der Waals surface area contributed by atoms with E-state index < -0.39 is 0 Å². The van der Waals surface area contributed by atoms with E-state index in [1.165, 1.54) is 10.8 Å². The van der Waals surface area contributed by atoms with E-state index in [0.29, 0.717) is 28.9 Å². The molecule has 3 aromatic heterocycles. The van der Waals surface area contributed by atoms with Crippen LogP contribution in [0.2, 0.25) is 0 Å². The number of nitrogens with zero attached hydrogens (tertiary/aromatic N) is 5. The van der Waals surface area contributed by atoms with Crippen molar-refractivity contribution in [1.82, 2.24) is 19.3 Å². The fraction of sp³-hybridized carbons (Fsp3) is 0.304. The molecule has 1 aliphatic rings. The van der Waals surface area contributed by atoms with Crippen LogP contribution >= 0.6 is 0 Å². The third-order valence-electron chi connectivity index (χ3n) is 6.10. The number of nitriles is 1. The van der Waals surface area contributed by atoms with Gasteiger partial charge < -0.3 is 10.4 Å². The van der Waals surface area contributed by atoms with Gasteiger partial charge in [0.15, 0.2) is 0 Å². The zero-order valence-electron chi connectivity index (χ0n) is 16.9. The summed E-state index contributed by atoms with van der Waals surface area (Å²) in [6.07, 6.45) is 9.22. The molecule has 0 unspecified atom stereocenters. The van der Waals surface area contributed by atoms with Crippen LogP contribution in [0.5, 0.6) is 0 Å². The van der Waals surface area contributed by atoms with Crippen LogP contribution in [0, 0.1) is 17.2 Å². The number of fused-ring (bicyclic) bond motifs is 2. The van der Waals surface area contributed by atoms with E-state index in [9.17, 15) is 9.90 Å². The largest absolute Gasteiger partial charge is 0.396 e.